The van der Waals surface area contributed by atoms with Gasteiger partial charge in [-0.2, -0.15) is 5.09 Å². The number of hydrogen-bond acceptors (Lipinski definition) is 11. The number of ether oxygens (including phenoxy) is 2. The van der Waals surface area contributed by atoms with Gasteiger partial charge in [-0.3, -0.25) is 13.9 Å². The molecule has 1 saturated heterocycles. The second kappa shape index (κ2) is 12.0. The monoisotopic (exact) mass is 592 g/mol. The first-order valence-corrected chi connectivity index (χ1v) is 15.0. The number of anilines is 1. The third-order valence-corrected chi connectivity index (χ3v) is 8.10. The number of fused-ring (bicyclic) bond motifs is 1. The fraction of sp³-hybridized carbons (Fsp3) is 0.538. The summed E-state index contributed by atoms with van der Waals surface area (Å²) in [5.41, 5.74) is 0.805. The summed E-state index contributed by atoms with van der Waals surface area (Å²) in [6.07, 6.45) is -2.96. The standard InChI is InChI=1S/C26H34FN6O7P/c1-14(2)38-26(35)15(3)32-41(36,40-18-8-6-5-7-9-18)37-12-19-22(34)20(27)25(39-19)33-13-28-21-23(31-17-10-11-17)29-16(4)30-24(21)33/h5-9,13-15,17,19-20,22,25,34H,10-12H2,1-4H3,(H,32,36)(H,29,30,31)/t15-,19-,20-,22-,25-,41-/m1/s1. The van der Waals surface area contributed by atoms with Crippen molar-refractivity contribution < 1.29 is 37.4 Å². The zero-order chi connectivity index (χ0) is 29.3. The average Bonchev–Trinajstić information content (AvgIpc) is 3.57. The van der Waals surface area contributed by atoms with E-state index in [2.05, 4.69) is 25.4 Å². The van der Waals surface area contributed by atoms with Crippen molar-refractivity contribution in [1.29, 1.82) is 0 Å². The second-order valence-corrected chi connectivity index (χ2v) is 12.1. The van der Waals surface area contributed by atoms with Crippen LogP contribution in [0.15, 0.2) is 36.7 Å². The number of nitrogens with one attached hydrogen (secondary N) is 2. The molecule has 41 heavy (non-hydrogen) atoms. The molecule has 3 N–H and O–H groups in total. The first-order chi connectivity index (χ1) is 19.5. The Kier molecular flexibility index (Phi) is 8.57. The van der Waals surface area contributed by atoms with Crippen molar-refractivity contribution in [2.75, 3.05) is 11.9 Å². The van der Waals surface area contributed by atoms with Crippen LogP contribution in [0.3, 0.4) is 0 Å². The van der Waals surface area contributed by atoms with Crippen LogP contribution in [0.2, 0.25) is 0 Å². The van der Waals surface area contributed by atoms with E-state index in [0.717, 1.165) is 12.8 Å². The highest BCUT2D eigenvalue weighted by atomic mass is 31.2. The Balaban J connectivity index is 1.32. The molecule has 15 heteroatoms. The number of benzene rings is 1. The minimum atomic E-state index is -4.25. The molecule has 0 radical (unpaired) electrons. The Bertz CT molecular complexity index is 1420. The van der Waals surface area contributed by atoms with Gasteiger partial charge in [0.2, 0.25) is 0 Å². The number of hydrogen-bond donors (Lipinski definition) is 3. The van der Waals surface area contributed by atoms with Gasteiger partial charge in [-0.15, -0.1) is 0 Å². The van der Waals surface area contributed by atoms with E-state index in [9.17, 15) is 14.5 Å². The molecular formula is C26H34FN6O7P. The topological polar surface area (TPSA) is 159 Å². The normalized spacial score (nSPS) is 24.8. The first kappa shape index (κ1) is 29.3. The third kappa shape index (κ3) is 6.84. The molecule has 5 rings (SSSR count). The highest BCUT2D eigenvalue weighted by Crippen LogP contribution is 2.46. The number of nitrogens with zero attached hydrogens (tertiary/aromatic N) is 4. The van der Waals surface area contributed by atoms with E-state index < -0.39 is 57.1 Å². The highest BCUT2D eigenvalue weighted by Gasteiger charge is 2.47. The summed E-state index contributed by atoms with van der Waals surface area (Å²) < 4.78 is 52.8. The molecule has 2 aromatic heterocycles. The number of aryl methyl sites for hydroxylation is 1. The number of rotatable bonds is 12. The predicted octanol–water partition coefficient (Wildman–Crippen LogP) is 3.44. The van der Waals surface area contributed by atoms with Gasteiger partial charge in [-0.25, -0.2) is 23.9 Å². The molecule has 1 aromatic carbocycles. The number of halogens is 1. The van der Waals surface area contributed by atoms with Crippen LogP contribution in [0, 0.1) is 6.92 Å². The number of carbonyl (C=O) groups is 1. The molecule has 1 aliphatic heterocycles. The van der Waals surface area contributed by atoms with Crippen molar-refractivity contribution in [3.63, 3.8) is 0 Å². The molecule has 13 nitrogen and oxygen atoms in total. The van der Waals surface area contributed by atoms with E-state index in [1.54, 1.807) is 51.1 Å². The zero-order valence-corrected chi connectivity index (χ0v) is 24.0. The molecule has 0 bridgehead atoms. The third-order valence-electron chi connectivity index (χ3n) is 6.45. The molecule has 2 aliphatic rings. The van der Waals surface area contributed by atoms with Crippen LogP contribution in [-0.4, -0.2) is 73.8 Å². The minimum absolute atomic E-state index is 0.206. The number of esters is 1. The van der Waals surface area contributed by atoms with E-state index in [1.165, 1.54) is 17.8 Å². The number of imidazole rings is 1. The summed E-state index contributed by atoms with van der Waals surface area (Å²) >= 11 is 0. The summed E-state index contributed by atoms with van der Waals surface area (Å²) in [5.74, 6) is 0.558. The lowest BCUT2D eigenvalue weighted by molar-refractivity contribution is -0.149. The van der Waals surface area contributed by atoms with Crippen LogP contribution in [0.4, 0.5) is 10.2 Å². The number of para-hydroxylation sites is 1. The maximum absolute atomic E-state index is 15.4. The average molecular weight is 593 g/mol. The number of aliphatic hydroxyl groups excluding tert-OH is 1. The van der Waals surface area contributed by atoms with Gasteiger partial charge >= 0.3 is 13.7 Å². The van der Waals surface area contributed by atoms with Crippen molar-refractivity contribution >= 4 is 30.7 Å². The molecule has 1 saturated carbocycles. The van der Waals surface area contributed by atoms with Crippen molar-refractivity contribution in [3.05, 3.63) is 42.5 Å². The SMILES string of the molecule is Cc1nc(NC2CC2)c2ncn([C@@H]3O[C@H](CO[P@](=O)(N[C@H](C)C(=O)OC(C)C)Oc4ccccc4)[C@@H](O)[C@H]3F)c2n1. The van der Waals surface area contributed by atoms with Crippen LogP contribution in [0.5, 0.6) is 5.75 Å². The van der Waals surface area contributed by atoms with Crippen molar-refractivity contribution in [3.8, 4) is 5.75 Å². The smallest absolute Gasteiger partial charge is 0.459 e. The molecule has 2 fully saturated rings. The molecule has 0 amide bonds. The van der Waals surface area contributed by atoms with Gasteiger partial charge in [-0.05, 0) is 52.7 Å². The number of aliphatic hydroxyl groups is 1. The van der Waals surface area contributed by atoms with Crippen molar-refractivity contribution in [1.82, 2.24) is 24.6 Å². The summed E-state index contributed by atoms with van der Waals surface area (Å²) in [6, 6.07) is 7.45. The van der Waals surface area contributed by atoms with E-state index in [4.69, 9.17) is 18.5 Å². The maximum Gasteiger partial charge on any atom is 0.459 e. The lowest BCUT2D eigenvalue weighted by Gasteiger charge is -2.25. The quantitative estimate of drug-likeness (QED) is 0.208. The molecule has 222 valence electrons. The second-order valence-electron chi connectivity index (χ2n) is 10.4. The summed E-state index contributed by atoms with van der Waals surface area (Å²) in [5, 5.41) is 16.6. The summed E-state index contributed by atoms with van der Waals surface area (Å²) in [7, 11) is -4.25. The fourth-order valence-corrected chi connectivity index (χ4v) is 5.81. The van der Waals surface area contributed by atoms with E-state index in [1.807, 2.05) is 0 Å². The van der Waals surface area contributed by atoms with Crippen LogP contribution in [0.25, 0.3) is 11.2 Å². The number of aromatic nitrogens is 4. The molecule has 1 aliphatic carbocycles. The fourth-order valence-electron chi connectivity index (χ4n) is 4.30. The summed E-state index contributed by atoms with van der Waals surface area (Å²) in [4.78, 5) is 25.6. The number of alkyl halides is 1. The molecule has 6 atom stereocenters. The Morgan fingerprint density at radius 2 is 1.98 bits per heavy atom. The molecule has 0 spiro atoms. The Morgan fingerprint density at radius 3 is 2.66 bits per heavy atom. The van der Waals surface area contributed by atoms with Crippen LogP contribution in [0.1, 0.15) is 45.7 Å². The van der Waals surface area contributed by atoms with Gasteiger partial charge in [0.1, 0.15) is 29.8 Å². The van der Waals surface area contributed by atoms with Crippen molar-refractivity contribution in [2.45, 2.75) is 83.3 Å². The van der Waals surface area contributed by atoms with E-state index in [-0.39, 0.29) is 5.75 Å². The van der Waals surface area contributed by atoms with Crippen LogP contribution < -0.4 is 14.9 Å². The first-order valence-electron chi connectivity index (χ1n) is 13.5. The zero-order valence-electron chi connectivity index (χ0n) is 23.1. The lowest BCUT2D eigenvalue weighted by atomic mass is 10.1. The van der Waals surface area contributed by atoms with E-state index in [0.29, 0.717) is 28.8 Å². The predicted molar refractivity (Wildman–Crippen MR) is 146 cm³/mol. The lowest BCUT2D eigenvalue weighted by Crippen LogP contribution is -2.37. The van der Waals surface area contributed by atoms with Gasteiger partial charge in [0, 0.05) is 6.04 Å². The van der Waals surface area contributed by atoms with E-state index >= 15 is 4.39 Å². The Hall–Kier alpha value is -3.16. The van der Waals surface area contributed by atoms with Gasteiger partial charge in [0.15, 0.2) is 29.4 Å². The summed E-state index contributed by atoms with van der Waals surface area (Å²) in [6.45, 7) is 6.02. The van der Waals surface area contributed by atoms with Crippen LogP contribution >= 0.6 is 7.75 Å². The van der Waals surface area contributed by atoms with Crippen molar-refractivity contribution in [2.24, 2.45) is 0 Å². The molecule has 0 unspecified atom stereocenters. The van der Waals surface area contributed by atoms with Crippen LogP contribution in [-0.2, 0) is 23.4 Å². The molecule has 3 heterocycles. The molecule has 3 aromatic rings. The maximum atomic E-state index is 15.4. The Labute approximate surface area is 236 Å². The molecular weight excluding hydrogens is 558 g/mol. The Morgan fingerprint density at radius 1 is 1.24 bits per heavy atom. The largest absolute Gasteiger partial charge is 0.462 e. The highest BCUT2D eigenvalue weighted by molar-refractivity contribution is 7.52. The van der Waals surface area contributed by atoms with Gasteiger partial charge in [0.05, 0.1) is 19.0 Å². The van der Waals surface area contributed by atoms with Gasteiger partial charge < -0.3 is 24.4 Å². The number of carbonyl (C=O) groups excluding carboxylic acids is 1. The minimum Gasteiger partial charge on any atom is -0.462 e. The van der Waals surface area contributed by atoms with Gasteiger partial charge in [0.25, 0.3) is 0 Å². The van der Waals surface area contributed by atoms with Gasteiger partial charge in [-0.1, -0.05) is 18.2 Å².